The van der Waals surface area contributed by atoms with Crippen molar-refractivity contribution in [3.63, 3.8) is 0 Å². The van der Waals surface area contributed by atoms with Gasteiger partial charge in [0, 0.05) is 10.6 Å². The SMILES string of the molecule is CC/C=C(\C=O)[C@H](NC(=O)OC(C)(C)C)c1ccc(Cl)cc1. The average Bonchev–Trinajstić information content (AvgIpc) is 2.42. The molecule has 0 saturated heterocycles. The number of nitrogens with one attached hydrogen (secondary N) is 1. The van der Waals surface area contributed by atoms with E-state index in [-0.39, 0.29) is 0 Å². The average molecular weight is 324 g/mol. The number of aldehydes is 1. The van der Waals surface area contributed by atoms with Crippen molar-refractivity contribution in [3.8, 4) is 0 Å². The van der Waals surface area contributed by atoms with Gasteiger partial charge in [-0.1, -0.05) is 36.7 Å². The number of halogens is 1. The molecule has 1 rings (SSSR count). The van der Waals surface area contributed by atoms with Crippen LogP contribution in [0.5, 0.6) is 0 Å². The van der Waals surface area contributed by atoms with Crippen molar-refractivity contribution >= 4 is 24.0 Å². The minimum atomic E-state index is -0.607. The molecule has 0 radical (unpaired) electrons. The van der Waals surface area contributed by atoms with Crippen LogP contribution >= 0.6 is 11.6 Å². The number of allylic oxidation sites excluding steroid dienone is 1. The van der Waals surface area contributed by atoms with Crippen LogP contribution in [0.25, 0.3) is 0 Å². The topological polar surface area (TPSA) is 55.4 Å². The molecule has 0 unspecified atom stereocenters. The normalized spacial score (nSPS) is 13.4. The number of amides is 1. The van der Waals surface area contributed by atoms with E-state index in [4.69, 9.17) is 16.3 Å². The van der Waals surface area contributed by atoms with Gasteiger partial charge in [-0.3, -0.25) is 4.79 Å². The Kier molecular flexibility index (Phi) is 6.62. The second kappa shape index (κ2) is 7.99. The lowest BCUT2D eigenvalue weighted by Gasteiger charge is -2.24. The Balaban J connectivity index is 3.06. The Morgan fingerprint density at radius 1 is 1.32 bits per heavy atom. The molecule has 1 aromatic carbocycles. The smallest absolute Gasteiger partial charge is 0.408 e. The van der Waals surface area contributed by atoms with Gasteiger partial charge in [-0.2, -0.15) is 0 Å². The van der Waals surface area contributed by atoms with Crippen LogP contribution in [-0.2, 0) is 9.53 Å². The molecule has 0 aromatic heterocycles. The summed E-state index contributed by atoms with van der Waals surface area (Å²) in [5.74, 6) is 0. The van der Waals surface area contributed by atoms with Crippen LogP contribution in [0.1, 0.15) is 45.7 Å². The quantitative estimate of drug-likeness (QED) is 0.643. The molecule has 0 bridgehead atoms. The zero-order chi connectivity index (χ0) is 16.8. The highest BCUT2D eigenvalue weighted by atomic mass is 35.5. The zero-order valence-electron chi connectivity index (χ0n) is 13.4. The van der Waals surface area contributed by atoms with Gasteiger partial charge in [0.15, 0.2) is 0 Å². The zero-order valence-corrected chi connectivity index (χ0v) is 14.1. The first kappa shape index (κ1) is 18.2. The fraction of sp³-hybridized carbons (Fsp3) is 0.412. The van der Waals surface area contributed by atoms with Crippen molar-refractivity contribution in [2.75, 3.05) is 0 Å². The summed E-state index contributed by atoms with van der Waals surface area (Å²) in [5.41, 5.74) is 0.641. The lowest BCUT2D eigenvalue weighted by molar-refractivity contribution is -0.105. The molecule has 0 aliphatic heterocycles. The summed E-state index contributed by atoms with van der Waals surface area (Å²) < 4.78 is 5.27. The number of alkyl carbamates (subject to hydrolysis) is 1. The van der Waals surface area contributed by atoms with E-state index in [2.05, 4.69) is 5.32 Å². The van der Waals surface area contributed by atoms with Crippen LogP contribution in [0.4, 0.5) is 4.79 Å². The van der Waals surface area contributed by atoms with E-state index >= 15 is 0 Å². The molecule has 4 nitrogen and oxygen atoms in total. The molecule has 22 heavy (non-hydrogen) atoms. The molecule has 1 amide bonds. The fourth-order valence-electron chi connectivity index (χ4n) is 1.91. The summed E-state index contributed by atoms with van der Waals surface area (Å²) in [5, 5.41) is 3.33. The maximum atomic E-state index is 12.0. The van der Waals surface area contributed by atoms with Crippen molar-refractivity contribution in [2.24, 2.45) is 0 Å². The van der Waals surface area contributed by atoms with Crippen LogP contribution in [0.2, 0.25) is 5.02 Å². The first-order chi connectivity index (χ1) is 10.3. The molecule has 0 spiro atoms. The molecule has 120 valence electrons. The van der Waals surface area contributed by atoms with Crippen molar-refractivity contribution in [1.82, 2.24) is 5.32 Å². The van der Waals surface area contributed by atoms with Gasteiger partial charge in [0.25, 0.3) is 0 Å². The highest BCUT2D eigenvalue weighted by Crippen LogP contribution is 2.23. The Labute approximate surface area is 136 Å². The third-order valence-corrected chi connectivity index (χ3v) is 3.03. The van der Waals surface area contributed by atoms with Crippen molar-refractivity contribution in [2.45, 2.75) is 45.8 Å². The predicted molar refractivity (Wildman–Crippen MR) is 88.0 cm³/mol. The molecule has 5 heteroatoms. The predicted octanol–water partition coefficient (Wildman–Crippen LogP) is 4.44. The lowest BCUT2D eigenvalue weighted by atomic mass is 9.99. The molecule has 0 heterocycles. The van der Waals surface area contributed by atoms with E-state index in [1.807, 2.05) is 6.92 Å². The summed E-state index contributed by atoms with van der Waals surface area (Å²) >= 11 is 5.89. The lowest BCUT2D eigenvalue weighted by Crippen LogP contribution is -2.36. The van der Waals surface area contributed by atoms with Gasteiger partial charge in [0.1, 0.15) is 11.9 Å². The third kappa shape index (κ3) is 5.90. The van der Waals surface area contributed by atoms with Crippen LogP contribution in [0.3, 0.4) is 0 Å². The monoisotopic (exact) mass is 323 g/mol. The number of carbonyl (C=O) groups is 2. The summed E-state index contributed by atoms with van der Waals surface area (Å²) in [6.45, 7) is 7.28. The Bertz CT molecular complexity index is 544. The highest BCUT2D eigenvalue weighted by molar-refractivity contribution is 6.30. The number of benzene rings is 1. The Morgan fingerprint density at radius 3 is 2.36 bits per heavy atom. The standard InChI is InChI=1S/C17H22ClNO3/c1-5-6-13(11-20)15(12-7-9-14(18)10-8-12)19-16(21)22-17(2,3)4/h6-11,15H,5H2,1-4H3,(H,19,21)/b13-6+/t15-/m1/s1. The maximum Gasteiger partial charge on any atom is 0.408 e. The van der Waals surface area contributed by atoms with Gasteiger partial charge >= 0.3 is 6.09 Å². The van der Waals surface area contributed by atoms with Gasteiger partial charge in [-0.05, 0) is 44.9 Å². The van der Waals surface area contributed by atoms with Crippen LogP contribution in [0, 0.1) is 0 Å². The number of hydrogen-bond acceptors (Lipinski definition) is 3. The second-order valence-electron chi connectivity index (χ2n) is 5.86. The molecule has 0 aliphatic carbocycles. The molecule has 1 aromatic rings. The van der Waals surface area contributed by atoms with Crippen LogP contribution in [-0.4, -0.2) is 18.0 Å². The van der Waals surface area contributed by atoms with E-state index in [9.17, 15) is 9.59 Å². The van der Waals surface area contributed by atoms with Gasteiger partial charge in [-0.15, -0.1) is 0 Å². The van der Waals surface area contributed by atoms with E-state index in [1.165, 1.54) is 0 Å². The van der Waals surface area contributed by atoms with E-state index < -0.39 is 17.7 Å². The summed E-state index contributed by atoms with van der Waals surface area (Å²) in [6, 6.07) is 6.42. The van der Waals surface area contributed by atoms with Crippen molar-refractivity contribution in [3.05, 3.63) is 46.5 Å². The minimum Gasteiger partial charge on any atom is -0.444 e. The van der Waals surface area contributed by atoms with Crippen LogP contribution < -0.4 is 5.32 Å². The molecule has 0 fully saturated rings. The number of rotatable bonds is 5. The van der Waals surface area contributed by atoms with Crippen molar-refractivity contribution in [1.29, 1.82) is 0 Å². The van der Waals surface area contributed by atoms with Gasteiger partial charge in [-0.25, -0.2) is 4.79 Å². The Hall–Kier alpha value is -1.81. The maximum absolute atomic E-state index is 12.0. The summed E-state index contributed by atoms with van der Waals surface area (Å²) in [4.78, 5) is 23.4. The molecular formula is C17H22ClNO3. The number of hydrogen-bond donors (Lipinski definition) is 1. The van der Waals surface area contributed by atoms with Crippen molar-refractivity contribution < 1.29 is 14.3 Å². The molecule has 0 saturated carbocycles. The first-order valence-electron chi connectivity index (χ1n) is 7.17. The summed E-state index contributed by atoms with van der Waals surface area (Å²) in [6.07, 6.45) is 2.65. The summed E-state index contributed by atoms with van der Waals surface area (Å²) in [7, 11) is 0. The van der Waals surface area contributed by atoms with E-state index in [0.717, 1.165) is 11.8 Å². The van der Waals surface area contributed by atoms with E-state index in [0.29, 0.717) is 17.0 Å². The molecule has 0 aliphatic rings. The molecule has 1 atom stereocenters. The highest BCUT2D eigenvalue weighted by Gasteiger charge is 2.23. The fourth-order valence-corrected chi connectivity index (χ4v) is 2.04. The largest absolute Gasteiger partial charge is 0.444 e. The number of ether oxygens (including phenoxy) is 1. The number of carbonyl (C=O) groups excluding carboxylic acids is 2. The molecule has 1 N–H and O–H groups in total. The third-order valence-electron chi connectivity index (χ3n) is 2.77. The molecular weight excluding hydrogens is 302 g/mol. The van der Waals surface area contributed by atoms with Gasteiger partial charge in [0.2, 0.25) is 0 Å². The van der Waals surface area contributed by atoms with Crippen LogP contribution in [0.15, 0.2) is 35.9 Å². The van der Waals surface area contributed by atoms with Gasteiger partial charge in [0.05, 0.1) is 6.04 Å². The first-order valence-corrected chi connectivity index (χ1v) is 7.55. The minimum absolute atomic E-state index is 0.482. The van der Waals surface area contributed by atoms with Gasteiger partial charge < -0.3 is 10.1 Å². The Morgan fingerprint density at radius 2 is 1.91 bits per heavy atom. The van der Waals surface area contributed by atoms with E-state index in [1.54, 1.807) is 51.1 Å². The second-order valence-corrected chi connectivity index (χ2v) is 6.30.